The molecule has 1 atom stereocenters. The van der Waals surface area contributed by atoms with Gasteiger partial charge in [0.15, 0.2) is 13.1 Å². The summed E-state index contributed by atoms with van der Waals surface area (Å²) < 4.78 is 4.64. The first kappa shape index (κ1) is 19.9. The second-order valence-electron chi connectivity index (χ2n) is 5.09. The van der Waals surface area contributed by atoms with E-state index in [9.17, 15) is 14.4 Å². The van der Waals surface area contributed by atoms with Crippen LogP contribution >= 0.6 is 11.6 Å². The molecule has 0 aromatic heterocycles. The van der Waals surface area contributed by atoms with Gasteiger partial charge in [-0.15, -0.1) is 0 Å². The van der Waals surface area contributed by atoms with Crippen LogP contribution in [0.5, 0.6) is 0 Å². The zero-order chi connectivity index (χ0) is 17.9. The molecule has 0 aliphatic carbocycles. The number of amides is 3. The van der Waals surface area contributed by atoms with E-state index in [-0.39, 0.29) is 25.6 Å². The van der Waals surface area contributed by atoms with E-state index < -0.39 is 12.0 Å². The molecule has 7 nitrogen and oxygen atoms in total. The van der Waals surface area contributed by atoms with Gasteiger partial charge in [-0.2, -0.15) is 0 Å². The fourth-order valence-corrected chi connectivity index (χ4v) is 2.19. The summed E-state index contributed by atoms with van der Waals surface area (Å²) in [6.07, 6.45) is -0.777. The number of quaternary nitrogens is 1. The van der Waals surface area contributed by atoms with Gasteiger partial charge >= 0.3 is 6.09 Å². The predicted molar refractivity (Wildman–Crippen MR) is 89.7 cm³/mol. The van der Waals surface area contributed by atoms with Crippen LogP contribution in [0.2, 0.25) is 5.02 Å². The van der Waals surface area contributed by atoms with E-state index in [1.807, 2.05) is 25.1 Å². The molecule has 1 aromatic rings. The summed E-state index contributed by atoms with van der Waals surface area (Å²) in [5, 5.41) is 5.47. The Morgan fingerprint density at radius 3 is 2.42 bits per heavy atom. The molecular formula is C16H23ClN3O4+. The maximum absolute atomic E-state index is 12.0. The van der Waals surface area contributed by atoms with E-state index >= 15 is 0 Å². The van der Waals surface area contributed by atoms with Crippen molar-refractivity contribution in [1.82, 2.24) is 10.6 Å². The third-order valence-corrected chi connectivity index (χ3v) is 3.64. The van der Waals surface area contributed by atoms with Crippen molar-refractivity contribution in [2.45, 2.75) is 20.4 Å². The lowest BCUT2D eigenvalue weighted by Gasteiger charge is -2.16. The van der Waals surface area contributed by atoms with E-state index in [1.165, 1.54) is 0 Å². The Morgan fingerprint density at radius 1 is 1.12 bits per heavy atom. The number of carbonyl (C=O) groups is 3. The monoisotopic (exact) mass is 356 g/mol. The van der Waals surface area contributed by atoms with Crippen LogP contribution < -0.4 is 15.5 Å². The van der Waals surface area contributed by atoms with Crippen molar-refractivity contribution >= 4 is 29.5 Å². The maximum atomic E-state index is 12.0. The average molecular weight is 357 g/mol. The molecule has 0 bridgehead atoms. The van der Waals surface area contributed by atoms with E-state index in [4.69, 9.17) is 11.6 Å². The molecule has 0 spiro atoms. The zero-order valence-electron chi connectivity index (χ0n) is 13.9. The summed E-state index contributed by atoms with van der Waals surface area (Å²) in [6, 6.07) is 7.25. The van der Waals surface area contributed by atoms with Crippen molar-refractivity contribution in [1.29, 1.82) is 0 Å². The largest absolute Gasteiger partial charge is 0.450 e. The van der Waals surface area contributed by atoms with Crippen LogP contribution in [0.4, 0.5) is 4.79 Å². The normalized spacial score (nSPS) is 11.5. The molecule has 3 amide bonds. The number of ether oxygens (including phenoxy) is 1. The summed E-state index contributed by atoms with van der Waals surface area (Å²) in [6.45, 7) is 4.71. The van der Waals surface area contributed by atoms with Crippen LogP contribution in [0.15, 0.2) is 24.3 Å². The third-order valence-electron chi connectivity index (χ3n) is 3.27. The van der Waals surface area contributed by atoms with Gasteiger partial charge in [0.25, 0.3) is 11.8 Å². The first-order chi connectivity index (χ1) is 11.5. The molecule has 132 valence electrons. The van der Waals surface area contributed by atoms with E-state index in [0.717, 1.165) is 10.5 Å². The quantitative estimate of drug-likeness (QED) is 0.618. The second kappa shape index (κ2) is 10.6. The molecule has 1 unspecified atom stereocenters. The van der Waals surface area contributed by atoms with Crippen molar-refractivity contribution in [2.75, 3.05) is 26.2 Å². The highest BCUT2D eigenvalue weighted by Gasteiger charge is 2.18. The number of halogens is 1. The highest BCUT2D eigenvalue weighted by atomic mass is 35.5. The van der Waals surface area contributed by atoms with Gasteiger partial charge in [0.2, 0.25) is 0 Å². The number of hydrogen-bond donors (Lipinski definition) is 3. The van der Waals surface area contributed by atoms with Gasteiger partial charge in [0, 0.05) is 11.6 Å². The molecular weight excluding hydrogens is 334 g/mol. The number of alkyl carbamates (subject to hydrolysis) is 1. The second-order valence-corrected chi connectivity index (χ2v) is 5.50. The Bertz CT molecular complexity index is 580. The molecule has 0 saturated heterocycles. The molecule has 0 radical (unpaired) electrons. The van der Waals surface area contributed by atoms with Gasteiger partial charge in [-0.05, 0) is 25.5 Å². The van der Waals surface area contributed by atoms with Gasteiger partial charge in [-0.25, -0.2) is 4.79 Å². The van der Waals surface area contributed by atoms with E-state index in [2.05, 4.69) is 15.4 Å². The lowest BCUT2D eigenvalue weighted by molar-refractivity contribution is -0.881. The number of carbonyl (C=O) groups excluding carboxylic acids is 3. The minimum atomic E-state index is -0.777. The van der Waals surface area contributed by atoms with Crippen molar-refractivity contribution in [3.63, 3.8) is 0 Å². The number of rotatable bonds is 8. The summed E-state index contributed by atoms with van der Waals surface area (Å²) in [7, 11) is 0. The minimum Gasteiger partial charge on any atom is -0.450 e. The molecule has 24 heavy (non-hydrogen) atoms. The Hall–Kier alpha value is -2.12. The third kappa shape index (κ3) is 7.43. The van der Waals surface area contributed by atoms with Crippen LogP contribution in [0.1, 0.15) is 19.4 Å². The minimum absolute atomic E-state index is 0.00876. The fraction of sp³-hybridized carbons (Fsp3) is 0.438. The molecule has 8 heteroatoms. The van der Waals surface area contributed by atoms with Gasteiger partial charge in [-0.1, -0.05) is 29.8 Å². The van der Waals surface area contributed by atoms with Gasteiger partial charge < -0.3 is 15.0 Å². The smallest absolute Gasteiger partial charge is 0.414 e. The summed E-state index contributed by atoms with van der Waals surface area (Å²) in [4.78, 5) is 35.6. The zero-order valence-corrected chi connectivity index (χ0v) is 14.6. The Balaban J connectivity index is 2.41. The number of imide groups is 1. The molecule has 1 rings (SSSR count). The first-order valence-electron chi connectivity index (χ1n) is 7.76. The van der Waals surface area contributed by atoms with Crippen LogP contribution in [-0.4, -0.2) is 44.1 Å². The van der Waals surface area contributed by atoms with Crippen LogP contribution in [0.3, 0.4) is 0 Å². The Kier molecular flexibility index (Phi) is 8.81. The van der Waals surface area contributed by atoms with Gasteiger partial charge in [0.05, 0.1) is 13.2 Å². The number of likely N-dealkylation sites (N-methyl/N-ethyl adjacent to an activating group) is 1. The van der Waals surface area contributed by atoms with Crippen molar-refractivity contribution in [3.8, 4) is 0 Å². The summed E-state index contributed by atoms with van der Waals surface area (Å²) in [5.41, 5.74) is 0.825. The molecule has 0 fully saturated rings. The summed E-state index contributed by atoms with van der Waals surface area (Å²) >= 11 is 6.03. The Labute approximate surface area is 146 Å². The lowest BCUT2D eigenvalue weighted by atomic mass is 10.2. The fourth-order valence-electron chi connectivity index (χ4n) is 1.99. The van der Waals surface area contributed by atoms with E-state index in [0.29, 0.717) is 18.1 Å². The SMILES string of the molecule is CCOC(=O)NC(=O)C[NH+](CC)CC(=O)NCc1ccccc1Cl. The summed E-state index contributed by atoms with van der Waals surface area (Å²) in [5.74, 6) is -0.681. The molecule has 0 aliphatic heterocycles. The topological polar surface area (TPSA) is 88.9 Å². The molecule has 1 aromatic carbocycles. The highest BCUT2D eigenvalue weighted by molar-refractivity contribution is 6.31. The standard InChI is InChI=1S/C16H22ClN3O4/c1-3-20(11-15(22)19-16(23)24-4-2)10-14(21)18-9-12-7-5-6-8-13(12)17/h5-8H,3-4,9-11H2,1-2H3,(H,18,21)(H,19,22,23)/p+1. The molecule has 0 saturated carbocycles. The van der Waals surface area contributed by atoms with E-state index in [1.54, 1.807) is 13.0 Å². The predicted octanol–water partition coefficient (Wildman–Crippen LogP) is 0.134. The van der Waals surface area contributed by atoms with Crippen molar-refractivity contribution in [3.05, 3.63) is 34.9 Å². The van der Waals surface area contributed by atoms with Crippen LogP contribution in [0, 0.1) is 0 Å². The number of nitrogens with one attached hydrogen (secondary N) is 3. The molecule has 0 heterocycles. The lowest BCUT2D eigenvalue weighted by Crippen LogP contribution is -3.14. The molecule has 3 N–H and O–H groups in total. The first-order valence-corrected chi connectivity index (χ1v) is 8.14. The highest BCUT2D eigenvalue weighted by Crippen LogP contribution is 2.13. The van der Waals surface area contributed by atoms with Crippen LogP contribution in [-0.2, 0) is 20.9 Å². The van der Waals surface area contributed by atoms with Crippen molar-refractivity contribution < 1.29 is 24.0 Å². The number of benzene rings is 1. The van der Waals surface area contributed by atoms with Crippen molar-refractivity contribution in [2.24, 2.45) is 0 Å². The van der Waals surface area contributed by atoms with Crippen LogP contribution in [0.25, 0.3) is 0 Å². The average Bonchev–Trinajstić information content (AvgIpc) is 2.53. The van der Waals surface area contributed by atoms with Gasteiger partial charge in [0.1, 0.15) is 0 Å². The molecule has 0 aliphatic rings. The van der Waals surface area contributed by atoms with Gasteiger partial charge in [-0.3, -0.25) is 14.9 Å². The Morgan fingerprint density at radius 2 is 1.79 bits per heavy atom. The maximum Gasteiger partial charge on any atom is 0.414 e. The number of hydrogen-bond acceptors (Lipinski definition) is 4.